The van der Waals surface area contributed by atoms with Crippen molar-refractivity contribution in [2.45, 2.75) is 24.5 Å². The Morgan fingerprint density at radius 1 is 0.923 bits per heavy atom. The molecule has 0 aliphatic rings. The highest BCUT2D eigenvalue weighted by Crippen LogP contribution is 2.28. The minimum atomic E-state index is -3.26. The topological polar surface area (TPSA) is 60.2 Å². The van der Waals surface area contributed by atoms with Crippen molar-refractivity contribution >= 4 is 23.1 Å². The third-order valence-corrected chi connectivity index (χ3v) is 7.20. The van der Waals surface area contributed by atoms with Crippen LogP contribution in [0.1, 0.15) is 0 Å². The summed E-state index contributed by atoms with van der Waals surface area (Å²) in [6, 6.07) is 12.8. The molecule has 0 amide bonds. The van der Waals surface area contributed by atoms with Gasteiger partial charge in [0.1, 0.15) is 11.5 Å². The monoisotopic (exact) mass is 389 g/mol. The predicted octanol–water partition coefficient (Wildman–Crippen LogP) is 4.10. The maximum Gasteiger partial charge on any atom is 0.175 e. The number of hydrogen-bond donors (Lipinski definition) is 0. The number of hydrogen-bond acceptors (Lipinski definition) is 4. The van der Waals surface area contributed by atoms with Crippen molar-refractivity contribution in [3.05, 3.63) is 54.3 Å². The molecule has 4 nitrogen and oxygen atoms in total. The van der Waals surface area contributed by atoms with Crippen LogP contribution in [-0.2, 0) is 9.84 Å². The van der Waals surface area contributed by atoms with Gasteiger partial charge in [0.05, 0.1) is 13.0 Å². The van der Waals surface area contributed by atoms with Crippen LogP contribution in [0.25, 0.3) is 22.6 Å². The Bertz CT molecular complexity index is 1030. The second-order valence-electron chi connectivity index (χ2n) is 7.29. The maximum absolute atomic E-state index is 13.3. The van der Waals surface area contributed by atoms with Crippen LogP contribution in [-0.4, -0.2) is 27.9 Å². The van der Waals surface area contributed by atoms with Crippen LogP contribution >= 0.6 is 0 Å². The highest BCUT2D eigenvalue weighted by atomic mass is 32.2. The molecule has 3 rings (SSSR count). The van der Waals surface area contributed by atoms with Crippen LogP contribution in [0.5, 0.6) is 0 Å². The van der Waals surface area contributed by atoms with E-state index in [9.17, 15) is 12.8 Å². The van der Waals surface area contributed by atoms with Crippen LogP contribution < -0.4 is 5.19 Å². The number of rotatable bonds is 4. The van der Waals surface area contributed by atoms with Gasteiger partial charge >= 0.3 is 0 Å². The van der Waals surface area contributed by atoms with Gasteiger partial charge in [0.2, 0.25) is 0 Å². The standard InChI is InChI=1S/C19H20FNO3SSi/c1-25(22,23)16-11-7-14(8-12-16)18-19(26(2,3)4)17(21-24-18)13-5-9-15(20)10-6-13/h5-12H,1-4H3. The summed E-state index contributed by atoms with van der Waals surface area (Å²) in [6.45, 7) is 6.54. The number of aromatic nitrogens is 1. The molecule has 1 heterocycles. The van der Waals surface area contributed by atoms with Gasteiger partial charge in [0.15, 0.2) is 15.6 Å². The molecule has 0 atom stereocenters. The molecule has 136 valence electrons. The third-order valence-electron chi connectivity index (χ3n) is 4.10. The molecule has 26 heavy (non-hydrogen) atoms. The van der Waals surface area contributed by atoms with Gasteiger partial charge in [0, 0.05) is 22.6 Å². The highest BCUT2D eigenvalue weighted by molar-refractivity contribution is 7.90. The quantitative estimate of drug-likeness (QED) is 0.631. The summed E-state index contributed by atoms with van der Waals surface area (Å²) >= 11 is 0. The summed E-state index contributed by atoms with van der Waals surface area (Å²) in [5.74, 6) is 0.340. The van der Waals surface area contributed by atoms with Crippen molar-refractivity contribution in [1.82, 2.24) is 5.16 Å². The van der Waals surface area contributed by atoms with Gasteiger partial charge < -0.3 is 4.52 Å². The Morgan fingerprint density at radius 3 is 1.96 bits per heavy atom. The lowest BCUT2D eigenvalue weighted by atomic mass is 10.1. The molecule has 2 aromatic carbocycles. The fraction of sp³-hybridized carbons (Fsp3) is 0.211. The van der Waals surface area contributed by atoms with Crippen molar-refractivity contribution in [2.75, 3.05) is 6.26 Å². The van der Waals surface area contributed by atoms with E-state index in [0.29, 0.717) is 11.5 Å². The summed E-state index contributed by atoms with van der Waals surface area (Å²) in [5.41, 5.74) is 2.29. The molecule has 1 aromatic heterocycles. The lowest BCUT2D eigenvalue weighted by molar-refractivity contribution is 0.435. The van der Waals surface area contributed by atoms with Gasteiger partial charge in [-0.1, -0.05) is 24.8 Å². The number of halogens is 1. The van der Waals surface area contributed by atoms with Crippen LogP contribution in [0.4, 0.5) is 4.39 Å². The smallest absolute Gasteiger partial charge is 0.175 e. The van der Waals surface area contributed by atoms with Crippen molar-refractivity contribution < 1.29 is 17.3 Å². The zero-order valence-corrected chi connectivity index (χ0v) is 16.9. The molecule has 3 aromatic rings. The maximum atomic E-state index is 13.3. The van der Waals surface area contributed by atoms with Crippen molar-refractivity contribution in [3.8, 4) is 22.6 Å². The second kappa shape index (κ2) is 6.48. The van der Waals surface area contributed by atoms with Gasteiger partial charge in [-0.15, -0.1) is 0 Å². The molecule has 0 radical (unpaired) electrons. The van der Waals surface area contributed by atoms with Crippen molar-refractivity contribution in [2.24, 2.45) is 0 Å². The zero-order valence-electron chi connectivity index (χ0n) is 15.1. The molecule has 0 saturated heterocycles. The van der Waals surface area contributed by atoms with E-state index in [1.807, 2.05) is 0 Å². The summed E-state index contributed by atoms with van der Waals surface area (Å²) < 4.78 is 42.2. The Labute approximate surface area is 153 Å². The molecule has 0 aliphatic carbocycles. The average molecular weight is 390 g/mol. The number of sulfone groups is 1. The Balaban J connectivity index is 2.15. The largest absolute Gasteiger partial charge is 0.356 e. The Morgan fingerprint density at radius 2 is 1.46 bits per heavy atom. The van der Waals surface area contributed by atoms with Gasteiger partial charge in [-0.2, -0.15) is 0 Å². The minimum Gasteiger partial charge on any atom is -0.356 e. The van der Waals surface area contributed by atoms with Gasteiger partial charge in [0.25, 0.3) is 0 Å². The molecule has 0 spiro atoms. The van der Waals surface area contributed by atoms with E-state index in [1.54, 1.807) is 36.4 Å². The van der Waals surface area contributed by atoms with Crippen molar-refractivity contribution in [1.29, 1.82) is 0 Å². The third kappa shape index (κ3) is 3.63. The van der Waals surface area contributed by atoms with E-state index in [4.69, 9.17) is 4.52 Å². The summed E-state index contributed by atoms with van der Waals surface area (Å²) in [5, 5.41) is 5.27. The van der Waals surface area contributed by atoms with Crippen LogP contribution in [0.3, 0.4) is 0 Å². The number of nitrogens with zero attached hydrogens (tertiary/aromatic N) is 1. The Hall–Kier alpha value is -2.25. The van der Waals surface area contributed by atoms with E-state index in [2.05, 4.69) is 24.8 Å². The molecule has 0 N–H and O–H groups in total. The summed E-state index contributed by atoms with van der Waals surface area (Å²) in [7, 11) is -5.12. The normalized spacial score (nSPS) is 12.3. The first-order valence-electron chi connectivity index (χ1n) is 8.14. The number of benzene rings is 2. The van der Waals surface area contributed by atoms with Crippen LogP contribution in [0.2, 0.25) is 19.6 Å². The van der Waals surface area contributed by atoms with E-state index >= 15 is 0 Å². The lowest BCUT2D eigenvalue weighted by Crippen LogP contribution is -2.39. The van der Waals surface area contributed by atoms with Gasteiger partial charge in [-0.05, 0) is 48.5 Å². The van der Waals surface area contributed by atoms with Crippen LogP contribution in [0.15, 0.2) is 57.9 Å². The van der Waals surface area contributed by atoms with Gasteiger partial charge in [-0.25, -0.2) is 12.8 Å². The molecular formula is C19H20FNO3SSi. The van der Waals surface area contributed by atoms with Gasteiger partial charge in [-0.3, -0.25) is 0 Å². The summed E-state index contributed by atoms with van der Waals surface area (Å²) in [4.78, 5) is 0.258. The predicted molar refractivity (Wildman–Crippen MR) is 103 cm³/mol. The molecule has 7 heteroatoms. The van der Waals surface area contributed by atoms with Crippen LogP contribution in [0, 0.1) is 5.82 Å². The first-order valence-corrected chi connectivity index (χ1v) is 13.5. The molecule has 0 fully saturated rings. The fourth-order valence-corrected chi connectivity index (χ4v) is 5.24. The molecule has 0 saturated carbocycles. The SMILES string of the molecule is C[Si](C)(C)c1c(-c2ccc(F)cc2)noc1-c1ccc(S(C)(=O)=O)cc1. The lowest BCUT2D eigenvalue weighted by Gasteiger charge is -2.17. The highest BCUT2D eigenvalue weighted by Gasteiger charge is 2.30. The van der Waals surface area contributed by atoms with E-state index in [1.165, 1.54) is 18.4 Å². The fourth-order valence-electron chi connectivity index (χ4n) is 2.84. The summed E-state index contributed by atoms with van der Waals surface area (Å²) in [6.07, 6.45) is 1.18. The molecule has 0 bridgehead atoms. The second-order valence-corrected chi connectivity index (χ2v) is 14.3. The minimum absolute atomic E-state index is 0.258. The molecule has 0 unspecified atom stereocenters. The molecule has 0 aliphatic heterocycles. The average Bonchev–Trinajstić information content (AvgIpc) is 3.00. The first kappa shape index (κ1) is 18.5. The first-order chi connectivity index (χ1) is 12.1. The van der Waals surface area contributed by atoms with E-state index < -0.39 is 17.9 Å². The zero-order chi connectivity index (χ0) is 19.1. The van der Waals surface area contributed by atoms with Crippen molar-refractivity contribution in [3.63, 3.8) is 0 Å². The van der Waals surface area contributed by atoms with E-state index in [-0.39, 0.29) is 10.7 Å². The van der Waals surface area contributed by atoms with E-state index in [0.717, 1.165) is 16.3 Å². The Kier molecular flexibility index (Phi) is 4.62. The molecular weight excluding hydrogens is 369 g/mol.